The predicted molar refractivity (Wildman–Crippen MR) is 75.7 cm³/mol. The summed E-state index contributed by atoms with van der Waals surface area (Å²) in [5, 5.41) is 1.26. The smallest absolute Gasteiger partial charge is 0.234 e. The van der Waals surface area contributed by atoms with Crippen molar-refractivity contribution in [3.63, 3.8) is 0 Å². The van der Waals surface area contributed by atoms with E-state index in [2.05, 4.69) is 4.98 Å². The molecule has 0 atom stereocenters. The minimum absolute atomic E-state index is 0.149. The van der Waals surface area contributed by atoms with Crippen molar-refractivity contribution in [1.29, 1.82) is 0 Å². The van der Waals surface area contributed by atoms with Gasteiger partial charge in [0.15, 0.2) is 0 Å². The van der Waals surface area contributed by atoms with Crippen molar-refractivity contribution < 1.29 is 0 Å². The maximum atomic E-state index is 6.16. The highest BCUT2D eigenvalue weighted by Gasteiger charge is 2.30. The van der Waals surface area contributed by atoms with Crippen molar-refractivity contribution in [2.45, 2.75) is 10.7 Å². The molecular formula is C11H6Cl5N. The monoisotopic (exact) mass is 327 g/mol. The molecule has 2 aromatic rings. The number of alkyl halides is 3. The fourth-order valence-electron chi connectivity index (χ4n) is 1.56. The van der Waals surface area contributed by atoms with E-state index in [4.69, 9.17) is 58.0 Å². The lowest BCUT2D eigenvalue weighted by Gasteiger charge is -2.15. The number of aromatic nitrogens is 1. The molecule has 0 aliphatic heterocycles. The summed E-state index contributed by atoms with van der Waals surface area (Å²) in [6, 6.07) is 5.60. The number of hydrogen-bond donors (Lipinski definition) is 0. The number of para-hydroxylation sites is 1. The highest BCUT2D eigenvalue weighted by Crippen LogP contribution is 2.44. The molecule has 0 saturated heterocycles. The summed E-state index contributed by atoms with van der Waals surface area (Å²) in [7, 11) is 0. The topological polar surface area (TPSA) is 12.9 Å². The first kappa shape index (κ1) is 13.5. The molecule has 0 saturated carbocycles. The van der Waals surface area contributed by atoms with Crippen molar-refractivity contribution in [3.8, 4) is 0 Å². The Hall–Kier alpha value is 0.0800. The van der Waals surface area contributed by atoms with Crippen molar-refractivity contribution in [3.05, 3.63) is 39.5 Å². The van der Waals surface area contributed by atoms with Crippen LogP contribution in [-0.4, -0.2) is 4.98 Å². The van der Waals surface area contributed by atoms with E-state index in [0.29, 0.717) is 10.5 Å². The lowest BCUT2D eigenvalue weighted by atomic mass is 10.1. The van der Waals surface area contributed by atoms with Crippen LogP contribution in [0.15, 0.2) is 18.2 Å². The second-order valence-corrected chi connectivity index (χ2v) is 6.59. The Morgan fingerprint density at radius 1 is 1.06 bits per heavy atom. The van der Waals surface area contributed by atoms with E-state index >= 15 is 0 Å². The summed E-state index contributed by atoms with van der Waals surface area (Å²) in [6.45, 7) is 1.90. The van der Waals surface area contributed by atoms with Gasteiger partial charge >= 0.3 is 0 Å². The Labute approximate surface area is 124 Å². The van der Waals surface area contributed by atoms with Gasteiger partial charge in [-0.2, -0.15) is 0 Å². The summed E-state index contributed by atoms with van der Waals surface area (Å²) in [5.74, 6) is 0. The van der Waals surface area contributed by atoms with Gasteiger partial charge in [0.1, 0.15) is 5.69 Å². The Bertz CT molecular complexity index is 588. The third kappa shape index (κ3) is 2.45. The molecule has 0 spiro atoms. The number of benzene rings is 1. The molecule has 0 N–H and O–H groups in total. The zero-order valence-corrected chi connectivity index (χ0v) is 12.3. The van der Waals surface area contributed by atoms with Crippen molar-refractivity contribution in [2.24, 2.45) is 0 Å². The largest absolute Gasteiger partial charge is 0.246 e. The van der Waals surface area contributed by atoms with E-state index < -0.39 is 3.79 Å². The van der Waals surface area contributed by atoms with Gasteiger partial charge in [-0.1, -0.05) is 76.2 Å². The van der Waals surface area contributed by atoms with Crippen LogP contribution in [0.1, 0.15) is 11.3 Å². The fraction of sp³-hybridized carbons (Fsp3) is 0.182. The predicted octanol–water partition coefficient (Wildman–Crippen LogP) is 5.68. The molecule has 17 heavy (non-hydrogen) atoms. The maximum absolute atomic E-state index is 6.16. The first-order valence-corrected chi connectivity index (χ1v) is 6.53. The molecule has 6 heteroatoms. The molecule has 0 amide bonds. The average Bonchev–Trinajstić information content (AvgIpc) is 2.22. The first-order chi connectivity index (χ1) is 7.82. The molecule has 0 unspecified atom stereocenters. The maximum Gasteiger partial charge on any atom is 0.234 e. The van der Waals surface area contributed by atoms with Crippen LogP contribution in [-0.2, 0) is 3.79 Å². The van der Waals surface area contributed by atoms with Crippen molar-refractivity contribution in [2.75, 3.05) is 0 Å². The van der Waals surface area contributed by atoms with Gasteiger partial charge in [0.25, 0.3) is 0 Å². The Morgan fingerprint density at radius 3 is 2.29 bits per heavy atom. The summed E-state index contributed by atoms with van der Waals surface area (Å²) in [5.41, 5.74) is 1.77. The molecule has 1 nitrogen and oxygen atoms in total. The van der Waals surface area contributed by atoms with Crippen LogP contribution in [0.25, 0.3) is 10.9 Å². The SMILES string of the molecule is Cc1cccc2c(Cl)c(Cl)c(C(Cl)(Cl)Cl)nc12. The highest BCUT2D eigenvalue weighted by atomic mass is 35.6. The first-order valence-electron chi connectivity index (χ1n) is 4.64. The summed E-state index contributed by atoms with van der Waals surface area (Å²) < 4.78 is -1.70. The average molecular weight is 329 g/mol. The lowest BCUT2D eigenvalue weighted by molar-refractivity contribution is 1.11. The van der Waals surface area contributed by atoms with Crippen LogP contribution < -0.4 is 0 Å². The second kappa shape index (κ2) is 4.64. The number of rotatable bonds is 0. The normalized spacial score (nSPS) is 12.1. The third-order valence-electron chi connectivity index (χ3n) is 2.37. The molecule has 1 heterocycles. The van der Waals surface area contributed by atoms with Crippen LogP contribution in [0.5, 0.6) is 0 Å². The number of halogens is 5. The van der Waals surface area contributed by atoms with E-state index in [1.54, 1.807) is 0 Å². The molecule has 2 rings (SSSR count). The Kier molecular flexibility index (Phi) is 3.69. The lowest BCUT2D eigenvalue weighted by Crippen LogP contribution is -2.06. The van der Waals surface area contributed by atoms with Crippen LogP contribution in [0.2, 0.25) is 10.0 Å². The molecule has 90 valence electrons. The van der Waals surface area contributed by atoms with E-state index in [1.165, 1.54) is 0 Å². The van der Waals surface area contributed by atoms with Gasteiger partial charge in [-0.05, 0) is 12.5 Å². The standard InChI is InChI=1S/C11H6Cl5N/c1-5-3-2-4-6-7(12)8(13)10(11(14,15)16)17-9(5)6/h2-4H,1H3. The van der Waals surface area contributed by atoms with Gasteiger partial charge in [-0.25, -0.2) is 4.98 Å². The van der Waals surface area contributed by atoms with E-state index in [1.807, 2.05) is 25.1 Å². The van der Waals surface area contributed by atoms with Gasteiger partial charge < -0.3 is 0 Å². The second-order valence-electron chi connectivity index (χ2n) is 3.56. The molecule has 0 aliphatic carbocycles. The number of aryl methyl sites for hydroxylation is 1. The zero-order valence-electron chi connectivity index (χ0n) is 8.57. The summed E-state index contributed by atoms with van der Waals surface area (Å²) in [4.78, 5) is 4.29. The summed E-state index contributed by atoms with van der Waals surface area (Å²) in [6.07, 6.45) is 0. The van der Waals surface area contributed by atoms with Crippen LogP contribution in [0.3, 0.4) is 0 Å². The molecular weight excluding hydrogens is 323 g/mol. The number of hydrogen-bond acceptors (Lipinski definition) is 1. The molecule has 0 bridgehead atoms. The van der Waals surface area contributed by atoms with Crippen molar-refractivity contribution in [1.82, 2.24) is 4.98 Å². The summed E-state index contributed by atoms with van der Waals surface area (Å²) >= 11 is 29.7. The fourth-order valence-corrected chi connectivity index (χ4v) is 2.64. The number of nitrogens with zero attached hydrogens (tertiary/aromatic N) is 1. The number of pyridine rings is 1. The van der Waals surface area contributed by atoms with E-state index in [9.17, 15) is 0 Å². The minimum atomic E-state index is -1.70. The molecule has 1 aromatic carbocycles. The van der Waals surface area contributed by atoms with Gasteiger partial charge in [-0.15, -0.1) is 0 Å². The zero-order chi connectivity index (χ0) is 12.8. The molecule has 0 aliphatic rings. The van der Waals surface area contributed by atoms with Gasteiger partial charge in [0, 0.05) is 5.39 Å². The van der Waals surface area contributed by atoms with Gasteiger partial charge in [0.05, 0.1) is 15.6 Å². The third-order valence-corrected chi connectivity index (χ3v) is 3.76. The van der Waals surface area contributed by atoms with Crippen LogP contribution >= 0.6 is 58.0 Å². The van der Waals surface area contributed by atoms with E-state index in [0.717, 1.165) is 10.9 Å². The minimum Gasteiger partial charge on any atom is -0.246 e. The molecule has 0 radical (unpaired) electrons. The van der Waals surface area contributed by atoms with Crippen molar-refractivity contribution >= 4 is 68.9 Å². The van der Waals surface area contributed by atoms with Crippen LogP contribution in [0.4, 0.5) is 0 Å². The number of fused-ring (bicyclic) bond motifs is 1. The van der Waals surface area contributed by atoms with Crippen LogP contribution in [0, 0.1) is 6.92 Å². The highest BCUT2D eigenvalue weighted by molar-refractivity contribution is 6.67. The van der Waals surface area contributed by atoms with Gasteiger partial charge in [-0.3, -0.25) is 0 Å². The van der Waals surface area contributed by atoms with E-state index in [-0.39, 0.29) is 10.7 Å². The van der Waals surface area contributed by atoms with Gasteiger partial charge in [0.2, 0.25) is 3.79 Å². The Balaban J connectivity index is 2.91. The quantitative estimate of drug-likeness (QED) is 0.567. The molecule has 0 fully saturated rings. The molecule has 1 aromatic heterocycles. The Morgan fingerprint density at radius 2 is 1.71 bits per heavy atom.